The van der Waals surface area contributed by atoms with Crippen LogP contribution in [-0.2, 0) is 15.1 Å². The molecule has 1 saturated heterocycles. The van der Waals surface area contributed by atoms with Crippen LogP contribution in [0.5, 0.6) is 5.75 Å². The number of nitrogens with one attached hydrogen (secondary N) is 2. The lowest BCUT2D eigenvalue weighted by Crippen LogP contribution is -2.52. The highest BCUT2D eigenvalue weighted by atomic mass is 16.5. The molecule has 35 heavy (non-hydrogen) atoms. The predicted molar refractivity (Wildman–Crippen MR) is 132 cm³/mol. The summed E-state index contributed by atoms with van der Waals surface area (Å²) in [6.07, 6.45) is 7.68. The Balaban J connectivity index is 1.14. The number of rotatable bonds is 6. The van der Waals surface area contributed by atoms with E-state index in [1.807, 2.05) is 36.4 Å². The lowest BCUT2D eigenvalue weighted by Gasteiger charge is -2.56. The lowest BCUT2D eigenvalue weighted by molar-refractivity contribution is -0.135. The molecule has 0 radical (unpaired) electrons. The van der Waals surface area contributed by atoms with Crippen molar-refractivity contribution in [2.45, 2.75) is 51.0 Å². The fraction of sp³-hybridized carbons (Fsp3) is 0.536. The van der Waals surface area contributed by atoms with Gasteiger partial charge in [-0.3, -0.25) is 14.5 Å². The van der Waals surface area contributed by atoms with Crippen LogP contribution in [0, 0.1) is 23.2 Å². The van der Waals surface area contributed by atoms with E-state index < -0.39 is 17.5 Å². The smallest absolute Gasteiger partial charge is 0.325 e. The zero-order valence-electron chi connectivity index (χ0n) is 20.4. The van der Waals surface area contributed by atoms with E-state index in [1.54, 1.807) is 14.0 Å². The van der Waals surface area contributed by atoms with Crippen LogP contribution in [0.15, 0.2) is 36.4 Å². The fourth-order valence-corrected chi connectivity index (χ4v) is 7.69. The highest BCUT2D eigenvalue weighted by molar-refractivity contribution is 6.09. The van der Waals surface area contributed by atoms with Gasteiger partial charge >= 0.3 is 6.03 Å². The molecule has 7 heteroatoms. The normalized spacial score (nSPS) is 33.3. The van der Waals surface area contributed by atoms with Gasteiger partial charge in [0.05, 0.1) is 7.11 Å². The van der Waals surface area contributed by atoms with E-state index >= 15 is 0 Å². The average Bonchev–Trinajstić information content (AvgIpc) is 3.05. The summed E-state index contributed by atoms with van der Waals surface area (Å²) in [6, 6.07) is 10.9. The number of hydrogen-bond donors (Lipinski definition) is 2. The van der Waals surface area contributed by atoms with E-state index in [1.165, 1.54) is 38.5 Å². The molecule has 2 aromatic rings. The van der Waals surface area contributed by atoms with Crippen LogP contribution in [0.4, 0.5) is 4.79 Å². The summed E-state index contributed by atoms with van der Waals surface area (Å²) in [5.74, 6) is 2.53. The highest BCUT2D eigenvalue weighted by Gasteiger charge is 2.52. The van der Waals surface area contributed by atoms with E-state index in [0.29, 0.717) is 12.1 Å². The van der Waals surface area contributed by atoms with Crippen molar-refractivity contribution in [3.63, 3.8) is 0 Å². The Hall–Kier alpha value is -3.09. The van der Waals surface area contributed by atoms with E-state index in [0.717, 1.165) is 39.2 Å². The summed E-state index contributed by atoms with van der Waals surface area (Å²) < 4.78 is 5.29. The van der Waals surface area contributed by atoms with Crippen molar-refractivity contribution in [3.8, 4) is 5.75 Å². The summed E-state index contributed by atoms with van der Waals surface area (Å²) in [7, 11) is 1.62. The van der Waals surface area contributed by atoms with Gasteiger partial charge in [-0.2, -0.15) is 0 Å². The molecule has 2 aromatic carbocycles. The van der Waals surface area contributed by atoms with Crippen molar-refractivity contribution in [1.29, 1.82) is 0 Å². The molecule has 0 spiro atoms. The van der Waals surface area contributed by atoms with Gasteiger partial charge in [-0.05, 0) is 103 Å². The number of nitrogens with zero attached hydrogens (tertiary/aromatic N) is 1. The Kier molecular flexibility index (Phi) is 5.09. The second kappa shape index (κ2) is 7.97. The van der Waals surface area contributed by atoms with Crippen molar-refractivity contribution in [2.24, 2.45) is 23.2 Å². The number of carbonyl (C=O) groups excluding carboxylic acids is 3. The van der Waals surface area contributed by atoms with Crippen molar-refractivity contribution < 1.29 is 19.1 Å². The van der Waals surface area contributed by atoms with Gasteiger partial charge in [0, 0.05) is 6.54 Å². The quantitative estimate of drug-likeness (QED) is 0.620. The Bertz CT molecular complexity index is 1190. The van der Waals surface area contributed by atoms with Crippen LogP contribution >= 0.6 is 0 Å². The van der Waals surface area contributed by atoms with E-state index in [9.17, 15) is 14.4 Å². The standard InChI is InChI=1S/C28H33N3O4/c1-27(22-5-3-21-11-23(35-2)6-4-20(21)10-22)25(33)31(26(34)30-27)15-24(32)29-16-28-12-17-7-18(13-28)9-19(8-17)14-28/h3-6,10-11,17-19H,7-9,12-16H2,1-2H3,(H,29,32)(H,30,34)/t17?,18?,19?,27-,28?/m1/s1. The van der Waals surface area contributed by atoms with Gasteiger partial charge in [0.2, 0.25) is 5.91 Å². The molecule has 4 saturated carbocycles. The number of hydrogen-bond acceptors (Lipinski definition) is 4. The molecule has 5 aliphatic rings. The van der Waals surface area contributed by atoms with Crippen LogP contribution < -0.4 is 15.4 Å². The number of carbonyl (C=O) groups is 3. The molecule has 184 valence electrons. The molecule has 2 N–H and O–H groups in total. The van der Waals surface area contributed by atoms with Crippen molar-refractivity contribution in [2.75, 3.05) is 20.2 Å². The molecule has 4 bridgehead atoms. The van der Waals surface area contributed by atoms with Crippen LogP contribution in [0.3, 0.4) is 0 Å². The summed E-state index contributed by atoms with van der Waals surface area (Å²) in [5.41, 5.74) is -0.319. The summed E-state index contributed by atoms with van der Waals surface area (Å²) >= 11 is 0. The first-order valence-electron chi connectivity index (χ1n) is 12.8. The number of fused-ring (bicyclic) bond motifs is 1. The van der Waals surface area contributed by atoms with E-state index in [-0.39, 0.29) is 17.9 Å². The Morgan fingerprint density at radius 3 is 2.31 bits per heavy atom. The van der Waals surface area contributed by atoms with Gasteiger partial charge in [-0.1, -0.05) is 18.2 Å². The number of benzene rings is 2. The SMILES string of the molecule is COc1ccc2cc([C@@]3(C)NC(=O)N(CC(=O)NCC45CC6CC(CC(C6)C4)C5)C3=O)ccc2c1. The van der Waals surface area contributed by atoms with Crippen LogP contribution in [0.25, 0.3) is 10.8 Å². The predicted octanol–water partition coefficient (Wildman–Crippen LogP) is 3.95. The summed E-state index contributed by atoms with van der Waals surface area (Å²) in [5, 5.41) is 7.83. The minimum atomic E-state index is -1.22. The first-order chi connectivity index (χ1) is 16.8. The van der Waals surface area contributed by atoms with Crippen molar-refractivity contribution in [1.82, 2.24) is 15.5 Å². The van der Waals surface area contributed by atoms with Crippen molar-refractivity contribution >= 4 is 28.6 Å². The Labute approximate surface area is 205 Å². The van der Waals surface area contributed by atoms with Gasteiger partial charge in [0.25, 0.3) is 5.91 Å². The van der Waals surface area contributed by atoms with E-state index in [2.05, 4.69) is 10.6 Å². The fourth-order valence-electron chi connectivity index (χ4n) is 7.69. The minimum Gasteiger partial charge on any atom is -0.497 e. The number of amides is 4. The zero-order chi connectivity index (χ0) is 24.4. The van der Waals surface area contributed by atoms with E-state index in [4.69, 9.17) is 4.74 Å². The van der Waals surface area contributed by atoms with Crippen LogP contribution in [0.1, 0.15) is 51.0 Å². The molecule has 7 rings (SSSR count). The molecule has 5 fully saturated rings. The highest BCUT2D eigenvalue weighted by Crippen LogP contribution is 2.59. The first-order valence-corrected chi connectivity index (χ1v) is 12.8. The number of urea groups is 1. The van der Waals surface area contributed by atoms with Gasteiger partial charge in [-0.15, -0.1) is 0 Å². The van der Waals surface area contributed by atoms with Gasteiger partial charge in [0.15, 0.2) is 0 Å². The summed E-state index contributed by atoms with van der Waals surface area (Å²) in [6.45, 7) is 2.10. The maximum Gasteiger partial charge on any atom is 0.325 e. The molecule has 4 amide bonds. The topological polar surface area (TPSA) is 87.7 Å². The van der Waals surface area contributed by atoms with Crippen LogP contribution in [-0.4, -0.2) is 42.9 Å². The maximum absolute atomic E-state index is 13.4. The number of ether oxygens (including phenoxy) is 1. The molecular formula is C28H33N3O4. The number of imide groups is 1. The van der Waals surface area contributed by atoms with Crippen LogP contribution in [0.2, 0.25) is 0 Å². The second-order valence-corrected chi connectivity index (χ2v) is 11.6. The molecule has 0 unspecified atom stereocenters. The average molecular weight is 476 g/mol. The molecule has 1 heterocycles. The third kappa shape index (κ3) is 3.76. The molecule has 0 aromatic heterocycles. The first kappa shape index (κ1) is 22.4. The third-order valence-electron chi connectivity index (χ3n) is 9.03. The third-order valence-corrected chi connectivity index (χ3v) is 9.03. The molecular weight excluding hydrogens is 442 g/mol. The second-order valence-electron chi connectivity index (χ2n) is 11.6. The Morgan fingerprint density at radius 1 is 1.03 bits per heavy atom. The Morgan fingerprint density at radius 2 is 1.66 bits per heavy atom. The zero-order valence-corrected chi connectivity index (χ0v) is 20.4. The molecule has 1 atom stereocenters. The molecule has 1 aliphatic heterocycles. The maximum atomic E-state index is 13.4. The lowest BCUT2D eigenvalue weighted by atomic mass is 9.49. The monoisotopic (exact) mass is 475 g/mol. The van der Waals surface area contributed by atoms with Crippen molar-refractivity contribution in [3.05, 3.63) is 42.0 Å². The van der Waals surface area contributed by atoms with Gasteiger partial charge < -0.3 is 15.4 Å². The largest absolute Gasteiger partial charge is 0.497 e. The summed E-state index contributed by atoms with van der Waals surface area (Å²) in [4.78, 5) is 40.1. The van der Waals surface area contributed by atoms with Gasteiger partial charge in [0.1, 0.15) is 17.8 Å². The molecule has 4 aliphatic carbocycles. The molecule has 7 nitrogen and oxygen atoms in total. The minimum absolute atomic E-state index is 0.212. The number of methoxy groups -OCH3 is 1. The van der Waals surface area contributed by atoms with Gasteiger partial charge in [-0.25, -0.2) is 4.79 Å².